The van der Waals surface area contributed by atoms with E-state index in [2.05, 4.69) is 44.1 Å². The molecule has 23 heavy (non-hydrogen) atoms. The summed E-state index contributed by atoms with van der Waals surface area (Å²) in [6.07, 6.45) is 4.02. The normalized spacial score (nSPS) is 21.6. The zero-order chi connectivity index (χ0) is 16.6. The van der Waals surface area contributed by atoms with Gasteiger partial charge in [0, 0.05) is 22.8 Å². The molecule has 0 radical (unpaired) electrons. The van der Waals surface area contributed by atoms with E-state index in [-0.39, 0.29) is 17.2 Å². The van der Waals surface area contributed by atoms with Crippen LogP contribution < -0.4 is 5.32 Å². The fourth-order valence-electron chi connectivity index (χ4n) is 3.13. The Hall–Kier alpha value is -1.94. The second kappa shape index (κ2) is 5.93. The van der Waals surface area contributed by atoms with Crippen LogP contribution in [0, 0.1) is 17.3 Å². The average Bonchev–Trinajstić information content (AvgIpc) is 2.88. The summed E-state index contributed by atoms with van der Waals surface area (Å²) in [5.41, 5.74) is 3.23. The summed E-state index contributed by atoms with van der Waals surface area (Å²) in [5, 5.41) is 6.01. The van der Waals surface area contributed by atoms with Gasteiger partial charge in [-0.15, -0.1) is 11.3 Å². The molecule has 1 aromatic heterocycles. The fraction of sp³-hybridized carbons (Fsp3) is 0.368. The standard InChI is InChI=1S/C19H22N2OS/c1-12(2)11-15-16(19(15,3)4)17(22)21-14-7-5-13(6-8-14)18-20-9-10-23-18/h5-11,15-16H,1-4H3,(H,21,22)/t15-,16-/m0/s1. The number of aromatic nitrogens is 1. The molecule has 3 rings (SSSR count). The zero-order valence-electron chi connectivity index (χ0n) is 14.0. The minimum absolute atomic E-state index is 0.0438. The lowest BCUT2D eigenvalue weighted by molar-refractivity contribution is -0.118. The van der Waals surface area contributed by atoms with E-state index in [1.165, 1.54) is 5.57 Å². The summed E-state index contributed by atoms with van der Waals surface area (Å²) in [5.74, 6) is 0.498. The second-order valence-corrected chi connectivity index (χ2v) is 7.87. The molecule has 3 nitrogen and oxygen atoms in total. The van der Waals surface area contributed by atoms with Crippen LogP contribution >= 0.6 is 11.3 Å². The van der Waals surface area contributed by atoms with Crippen molar-refractivity contribution in [2.75, 3.05) is 5.32 Å². The van der Waals surface area contributed by atoms with E-state index in [0.717, 1.165) is 16.3 Å². The van der Waals surface area contributed by atoms with Crippen molar-refractivity contribution in [3.05, 3.63) is 47.5 Å². The van der Waals surface area contributed by atoms with Crippen molar-refractivity contribution >= 4 is 22.9 Å². The van der Waals surface area contributed by atoms with Crippen LogP contribution in [0.4, 0.5) is 5.69 Å². The minimum atomic E-state index is 0.0438. The molecule has 4 heteroatoms. The Kier molecular flexibility index (Phi) is 4.11. The van der Waals surface area contributed by atoms with Crippen molar-refractivity contribution in [1.29, 1.82) is 0 Å². The second-order valence-electron chi connectivity index (χ2n) is 6.97. The van der Waals surface area contributed by atoms with Gasteiger partial charge >= 0.3 is 0 Å². The van der Waals surface area contributed by atoms with Crippen LogP contribution in [0.2, 0.25) is 0 Å². The molecule has 0 unspecified atom stereocenters. The van der Waals surface area contributed by atoms with Crippen LogP contribution in [0.15, 0.2) is 47.5 Å². The lowest BCUT2D eigenvalue weighted by Crippen LogP contribution is -2.16. The van der Waals surface area contributed by atoms with E-state index in [1.807, 2.05) is 29.6 Å². The van der Waals surface area contributed by atoms with Gasteiger partial charge in [0.1, 0.15) is 5.01 Å². The van der Waals surface area contributed by atoms with E-state index in [0.29, 0.717) is 5.92 Å². The lowest BCUT2D eigenvalue weighted by atomic mass is 10.1. The van der Waals surface area contributed by atoms with Crippen molar-refractivity contribution in [2.45, 2.75) is 27.7 Å². The summed E-state index contributed by atoms with van der Waals surface area (Å²) < 4.78 is 0. The molecular weight excluding hydrogens is 304 g/mol. The maximum absolute atomic E-state index is 12.5. The Balaban J connectivity index is 1.68. The van der Waals surface area contributed by atoms with Crippen LogP contribution in [0.3, 0.4) is 0 Å². The van der Waals surface area contributed by atoms with Crippen molar-refractivity contribution in [1.82, 2.24) is 4.98 Å². The first-order valence-corrected chi connectivity index (χ1v) is 8.73. The summed E-state index contributed by atoms with van der Waals surface area (Å²) >= 11 is 1.61. The highest BCUT2D eigenvalue weighted by Gasteiger charge is 2.60. The van der Waals surface area contributed by atoms with E-state index in [1.54, 1.807) is 17.5 Å². The molecule has 0 saturated heterocycles. The fourth-order valence-corrected chi connectivity index (χ4v) is 3.78. The van der Waals surface area contributed by atoms with Crippen molar-refractivity contribution < 1.29 is 4.79 Å². The van der Waals surface area contributed by atoms with Crippen molar-refractivity contribution in [2.24, 2.45) is 17.3 Å². The number of carbonyl (C=O) groups is 1. The molecule has 1 amide bonds. The number of allylic oxidation sites excluding steroid dienone is 2. The Morgan fingerprint density at radius 1 is 1.26 bits per heavy atom. The van der Waals surface area contributed by atoms with Gasteiger partial charge in [-0.3, -0.25) is 4.79 Å². The Morgan fingerprint density at radius 3 is 2.52 bits per heavy atom. The molecule has 1 N–H and O–H groups in total. The summed E-state index contributed by atoms with van der Waals surface area (Å²) in [6, 6.07) is 7.89. The average molecular weight is 326 g/mol. The quantitative estimate of drug-likeness (QED) is 0.805. The molecule has 1 aromatic carbocycles. The first-order chi connectivity index (χ1) is 10.9. The van der Waals surface area contributed by atoms with E-state index in [4.69, 9.17) is 0 Å². The third-order valence-corrected chi connectivity index (χ3v) is 5.36. The number of thiazole rings is 1. The molecule has 1 aliphatic rings. The molecule has 2 atom stereocenters. The van der Waals surface area contributed by atoms with Gasteiger partial charge in [-0.2, -0.15) is 0 Å². The molecule has 1 saturated carbocycles. The number of carbonyl (C=O) groups excluding carboxylic acids is 1. The van der Waals surface area contributed by atoms with Gasteiger partial charge < -0.3 is 5.32 Å². The summed E-state index contributed by atoms with van der Waals surface area (Å²) in [6.45, 7) is 8.49. The van der Waals surface area contributed by atoms with Gasteiger partial charge in [0.05, 0.1) is 5.92 Å². The third-order valence-electron chi connectivity index (χ3n) is 4.54. The first-order valence-electron chi connectivity index (χ1n) is 7.85. The van der Waals surface area contributed by atoms with Crippen LogP contribution in [0.25, 0.3) is 10.6 Å². The number of hydrogen-bond donors (Lipinski definition) is 1. The highest BCUT2D eigenvalue weighted by Crippen LogP contribution is 2.59. The molecule has 1 heterocycles. The number of hydrogen-bond acceptors (Lipinski definition) is 3. The summed E-state index contributed by atoms with van der Waals surface area (Å²) in [4.78, 5) is 16.8. The zero-order valence-corrected chi connectivity index (χ0v) is 14.8. The number of nitrogens with one attached hydrogen (secondary N) is 1. The number of rotatable bonds is 4. The predicted molar refractivity (Wildman–Crippen MR) is 96.4 cm³/mol. The maximum Gasteiger partial charge on any atom is 0.228 e. The number of anilines is 1. The number of nitrogens with zero attached hydrogens (tertiary/aromatic N) is 1. The number of amides is 1. The molecule has 2 aromatic rings. The Labute approximate surface area is 141 Å². The van der Waals surface area contributed by atoms with Gasteiger partial charge in [-0.25, -0.2) is 4.98 Å². The van der Waals surface area contributed by atoms with Crippen molar-refractivity contribution in [3.63, 3.8) is 0 Å². The maximum atomic E-state index is 12.5. The number of benzene rings is 1. The summed E-state index contributed by atoms with van der Waals surface area (Å²) in [7, 11) is 0. The van der Waals surface area contributed by atoms with E-state index in [9.17, 15) is 4.79 Å². The van der Waals surface area contributed by atoms with E-state index < -0.39 is 0 Å². The van der Waals surface area contributed by atoms with Crippen molar-refractivity contribution in [3.8, 4) is 10.6 Å². The predicted octanol–water partition coefficient (Wildman–Crippen LogP) is 4.99. The van der Waals surface area contributed by atoms with Crippen LogP contribution in [-0.4, -0.2) is 10.9 Å². The molecule has 1 aliphatic carbocycles. The monoisotopic (exact) mass is 326 g/mol. The van der Waals surface area contributed by atoms with Gasteiger partial charge in [0.15, 0.2) is 0 Å². The molecular formula is C19H22N2OS. The van der Waals surface area contributed by atoms with Gasteiger partial charge in [0.2, 0.25) is 5.91 Å². The van der Waals surface area contributed by atoms with Crippen LogP contribution in [0.1, 0.15) is 27.7 Å². The molecule has 0 spiro atoms. The van der Waals surface area contributed by atoms with Crippen LogP contribution in [-0.2, 0) is 4.79 Å². The lowest BCUT2D eigenvalue weighted by Gasteiger charge is -2.07. The molecule has 0 bridgehead atoms. The largest absolute Gasteiger partial charge is 0.326 e. The highest BCUT2D eigenvalue weighted by atomic mass is 32.1. The molecule has 0 aliphatic heterocycles. The third kappa shape index (κ3) is 3.22. The first kappa shape index (κ1) is 15.9. The smallest absolute Gasteiger partial charge is 0.228 e. The molecule has 1 fully saturated rings. The van der Waals surface area contributed by atoms with Gasteiger partial charge in [0.25, 0.3) is 0 Å². The SMILES string of the molecule is CC(C)=C[C@H]1[C@@H](C(=O)Nc2ccc(-c3nccs3)cc2)C1(C)C. The van der Waals surface area contributed by atoms with E-state index >= 15 is 0 Å². The van der Waals surface area contributed by atoms with Crippen LogP contribution in [0.5, 0.6) is 0 Å². The Morgan fingerprint density at radius 2 is 1.96 bits per heavy atom. The van der Waals surface area contributed by atoms with Gasteiger partial charge in [-0.05, 0) is 49.4 Å². The Bertz CT molecular complexity index is 725. The van der Waals surface area contributed by atoms with Gasteiger partial charge in [-0.1, -0.05) is 25.5 Å². The topological polar surface area (TPSA) is 42.0 Å². The highest BCUT2D eigenvalue weighted by molar-refractivity contribution is 7.13. The minimum Gasteiger partial charge on any atom is -0.326 e. The molecule has 120 valence electrons.